The monoisotopic (exact) mass is 445 g/mol. The molecule has 2 rings (SSSR count). The summed E-state index contributed by atoms with van der Waals surface area (Å²) < 4.78 is 17.8. The number of benzene rings is 1. The molecule has 0 bridgehead atoms. The molecule has 0 aliphatic rings. The summed E-state index contributed by atoms with van der Waals surface area (Å²) in [5, 5.41) is 7.31. The van der Waals surface area contributed by atoms with E-state index in [1.165, 1.54) is 12.5 Å². The summed E-state index contributed by atoms with van der Waals surface area (Å²) in [5.41, 5.74) is 2.91. The lowest BCUT2D eigenvalue weighted by molar-refractivity contribution is -0.122. The third-order valence-corrected chi connectivity index (χ3v) is 4.92. The van der Waals surface area contributed by atoms with Crippen molar-refractivity contribution in [1.29, 1.82) is 0 Å². The smallest absolute Gasteiger partial charge is 0.251 e. The average Bonchev–Trinajstić information content (AvgIpc) is 3.27. The molecule has 1 unspecified atom stereocenters. The zero-order valence-corrected chi connectivity index (χ0v) is 19.5. The Hall–Kier alpha value is -2.55. The van der Waals surface area contributed by atoms with Crippen LogP contribution >= 0.6 is 0 Å². The van der Waals surface area contributed by atoms with Crippen LogP contribution in [-0.4, -0.2) is 67.7 Å². The molecule has 8 nitrogen and oxygen atoms in total. The van der Waals surface area contributed by atoms with E-state index in [1.54, 1.807) is 0 Å². The molecule has 0 aliphatic carbocycles. The second-order valence-corrected chi connectivity index (χ2v) is 7.94. The number of ketones is 1. The number of ether oxygens (including phenoxy) is 3. The SMILES string of the molecule is CC(=O)COCCOCCOCCNC(=O)c1ccc(C(C)n2cc(C(C)C)cn2)cc1. The Morgan fingerprint density at radius 1 is 0.938 bits per heavy atom. The number of Topliss-reactive ketones (excluding diaryl/α,β-unsaturated/α-hetero) is 1. The molecule has 1 aromatic carbocycles. The highest BCUT2D eigenvalue weighted by Crippen LogP contribution is 2.20. The zero-order valence-electron chi connectivity index (χ0n) is 19.5. The summed E-state index contributed by atoms with van der Waals surface area (Å²) in [4.78, 5) is 23.0. The minimum Gasteiger partial charge on any atom is -0.377 e. The van der Waals surface area contributed by atoms with Crippen LogP contribution in [0, 0.1) is 0 Å². The molecular formula is C24H35N3O5. The van der Waals surface area contributed by atoms with Crippen molar-refractivity contribution in [3.05, 3.63) is 53.3 Å². The molecule has 1 amide bonds. The highest BCUT2D eigenvalue weighted by atomic mass is 16.5. The predicted octanol–water partition coefficient (Wildman–Crippen LogP) is 2.98. The van der Waals surface area contributed by atoms with Crippen LogP contribution in [0.2, 0.25) is 0 Å². The van der Waals surface area contributed by atoms with E-state index in [1.807, 2.05) is 35.1 Å². The maximum Gasteiger partial charge on any atom is 0.251 e. The first-order chi connectivity index (χ1) is 15.4. The van der Waals surface area contributed by atoms with Gasteiger partial charge in [-0.3, -0.25) is 14.3 Å². The summed E-state index contributed by atoms with van der Waals surface area (Å²) in [6.45, 7) is 10.5. The van der Waals surface area contributed by atoms with E-state index >= 15 is 0 Å². The normalized spacial score (nSPS) is 12.2. The quantitative estimate of drug-likeness (QED) is 0.424. The minimum atomic E-state index is -0.132. The molecule has 32 heavy (non-hydrogen) atoms. The number of amides is 1. The third kappa shape index (κ3) is 8.90. The number of carbonyl (C=O) groups excluding carboxylic acids is 2. The van der Waals surface area contributed by atoms with Crippen molar-refractivity contribution in [3.63, 3.8) is 0 Å². The van der Waals surface area contributed by atoms with E-state index < -0.39 is 0 Å². The van der Waals surface area contributed by atoms with Crippen LogP contribution in [0.1, 0.15) is 61.1 Å². The van der Waals surface area contributed by atoms with Gasteiger partial charge in [0.05, 0.1) is 45.3 Å². The number of nitrogens with zero attached hydrogens (tertiary/aromatic N) is 2. The van der Waals surface area contributed by atoms with Gasteiger partial charge >= 0.3 is 0 Å². The van der Waals surface area contributed by atoms with Gasteiger partial charge in [-0.1, -0.05) is 26.0 Å². The number of hydrogen-bond acceptors (Lipinski definition) is 6. The molecule has 0 aliphatic heterocycles. The zero-order chi connectivity index (χ0) is 23.3. The standard InChI is InChI=1S/C24H35N3O5/c1-18(2)23-15-26-27(16-23)20(4)21-5-7-22(8-6-21)24(29)25-9-10-30-11-12-31-13-14-32-17-19(3)28/h5-8,15-16,18,20H,9-14,17H2,1-4H3,(H,25,29). The van der Waals surface area contributed by atoms with Crippen molar-refractivity contribution in [3.8, 4) is 0 Å². The van der Waals surface area contributed by atoms with Gasteiger partial charge in [-0.05, 0) is 43.0 Å². The summed E-state index contributed by atoms with van der Waals surface area (Å²) in [5.74, 6) is 0.305. The van der Waals surface area contributed by atoms with Crippen LogP contribution in [0.15, 0.2) is 36.7 Å². The summed E-state index contributed by atoms with van der Waals surface area (Å²) in [6, 6.07) is 7.68. The maximum absolute atomic E-state index is 12.3. The first-order valence-corrected chi connectivity index (χ1v) is 11.0. The number of hydrogen-bond donors (Lipinski definition) is 1. The molecule has 0 saturated carbocycles. The van der Waals surface area contributed by atoms with Crippen molar-refractivity contribution in [2.24, 2.45) is 0 Å². The van der Waals surface area contributed by atoms with Gasteiger partial charge in [0, 0.05) is 18.3 Å². The van der Waals surface area contributed by atoms with E-state index in [0.29, 0.717) is 51.1 Å². The van der Waals surface area contributed by atoms with Crippen molar-refractivity contribution < 1.29 is 23.8 Å². The molecule has 1 atom stereocenters. The number of aromatic nitrogens is 2. The van der Waals surface area contributed by atoms with Crippen LogP contribution in [0.25, 0.3) is 0 Å². The van der Waals surface area contributed by atoms with E-state index in [-0.39, 0.29) is 24.3 Å². The topological polar surface area (TPSA) is 91.7 Å². The Kier molecular flexibility index (Phi) is 11.1. The van der Waals surface area contributed by atoms with Crippen molar-refractivity contribution in [2.45, 2.75) is 39.7 Å². The fourth-order valence-electron chi connectivity index (χ4n) is 2.92. The van der Waals surface area contributed by atoms with Gasteiger partial charge in [0.2, 0.25) is 0 Å². The van der Waals surface area contributed by atoms with Gasteiger partial charge in [0.1, 0.15) is 6.61 Å². The number of nitrogens with one attached hydrogen (secondary N) is 1. The lowest BCUT2D eigenvalue weighted by Gasteiger charge is -2.13. The summed E-state index contributed by atoms with van der Waals surface area (Å²) >= 11 is 0. The van der Waals surface area contributed by atoms with Gasteiger partial charge < -0.3 is 19.5 Å². The molecule has 0 fully saturated rings. The first kappa shape index (κ1) is 25.7. The Labute approximate surface area is 190 Å². The fraction of sp³-hybridized carbons (Fsp3) is 0.542. The lowest BCUT2D eigenvalue weighted by Crippen LogP contribution is -2.27. The molecule has 0 saturated heterocycles. The second-order valence-electron chi connectivity index (χ2n) is 7.94. The van der Waals surface area contributed by atoms with Gasteiger partial charge in [-0.15, -0.1) is 0 Å². The summed E-state index contributed by atoms with van der Waals surface area (Å²) in [6.07, 6.45) is 3.98. The average molecular weight is 446 g/mol. The van der Waals surface area contributed by atoms with Gasteiger partial charge in [0.25, 0.3) is 5.91 Å². The Bertz CT molecular complexity index is 832. The number of rotatable bonds is 15. The third-order valence-electron chi connectivity index (χ3n) is 4.92. The van der Waals surface area contributed by atoms with Gasteiger partial charge in [-0.25, -0.2) is 0 Å². The number of carbonyl (C=O) groups is 2. The maximum atomic E-state index is 12.3. The Morgan fingerprint density at radius 2 is 1.56 bits per heavy atom. The molecule has 1 N–H and O–H groups in total. The Morgan fingerprint density at radius 3 is 2.16 bits per heavy atom. The highest BCUT2D eigenvalue weighted by molar-refractivity contribution is 5.94. The Balaban J connectivity index is 1.62. The van der Waals surface area contributed by atoms with E-state index in [9.17, 15) is 9.59 Å². The predicted molar refractivity (Wildman–Crippen MR) is 122 cm³/mol. The molecule has 1 heterocycles. The second kappa shape index (κ2) is 13.8. The van der Waals surface area contributed by atoms with E-state index in [0.717, 1.165) is 5.56 Å². The van der Waals surface area contributed by atoms with Crippen molar-refractivity contribution in [2.75, 3.05) is 46.2 Å². The van der Waals surface area contributed by atoms with Crippen LogP contribution in [-0.2, 0) is 19.0 Å². The van der Waals surface area contributed by atoms with Crippen molar-refractivity contribution in [1.82, 2.24) is 15.1 Å². The van der Waals surface area contributed by atoms with Crippen LogP contribution < -0.4 is 5.32 Å². The van der Waals surface area contributed by atoms with Crippen LogP contribution in [0.3, 0.4) is 0 Å². The first-order valence-electron chi connectivity index (χ1n) is 11.0. The van der Waals surface area contributed by atoms with Crippen LogP contribution in [0.5, 0.6) is 0 Å². The van der Waals surface area contributed by atoms with Gasteiger partial charge in [-0.2, -0.15) is 5.10 Å². The molecule has 176 valence electrons. The molecular weight excluding hydrogens is 410 g/mol. The lowest BCUT2D eigenvalue weighted by atomic mass is 10.1. The molecule has 2 aromatic rings. The highest BCUT2D eigenvalue weighted by Gasteiger charge is 2.12. The summed E-state index contributed by atoms with van der Waals surface area (Å²) in [7, 11) is 0. The molecule has 0 radical (unpaired) electrons. The molecule has 1 aromatic heterocycles. The molecule has 8 heteroatoms. The van der Waals surface area contributed by atoms with Crippen LogP contribution in [0.4, 0.5) is 0 Å². The minimum absolute atomic E-state index is 0.00434. The molecule has 0 spiro atoms. The van der Waals surface area contributed by atoms with E-state index in [2.05, 4.69) is 37.4 Å². The van der Waals surface area contributed by atoms with Crippen molar-refractivity contribution >= 4 is 11.7 Å². The fourth-order valence-corrected chi connectivity index (χ4v) is 2.92. The largest absolute Gasteiger partial charge is 0.377 e. The van der Waals surface area contributed by atoms with Gasteiger partial charge in [0.15, 0.2) is 5.78 Å². The van der Waals surface area contributed by atoms with E-state index in [4.69, 9.17) is 14.2 Å².